The van der Waals surface area contributed by atoms with Crippen molar-refractivity contribution in [3.05, 3.63) is 53.6 Å². The van der Waals surface area contributed by atoms with Crippen molar-refractivity contribution in [2.24, 2.45) is 0 Å². The number of rotatable bonds is 3. The van der Waals surface area contributed by atoms with E-state index in [-0.39, 0.29) is 0 Å². The predicted molar refractivity (Wildman–Crippen MR) is 57.6 cm³/mol. The van der Waals surface area contributed by atoms with E-state index in [1.807, 2.05) is 6.08 Å². The fraction of sp³-hybridized carbons (Fsp3) is 0.231. The number of allylic oxidation sites excluding steroid dienone is 2. The molecule has 0 bridgehead atoms. The molecule has 1 aromatic rings. The molecule has 13 heavy (non-hydrogen) atoms. The lowest BCUT2D eigenvalue weighted by atomic mass is 10.1. The normalized spacial score (nSPS) is 13.7. The lowest BCUT2D eigenvalue weighted by Gasteiger charge is -1.97. The van der Waals surface area contributed by atoms with Gasteiger partial charge in [0.05, 0.1) is 0 Å². The van der Waals surface area contributed by atoms with Gasteiger partial charge < -0.3 is 0 Å². The topological polar surface area (TPSA) is 0 Å². The van der Waals surface area contributed by atoms with Crippen molar-refractivity contribution in [3.63, 3.8) is 0 Å². The van der Waals surface area contributed by atoms with Crippen molar-refractivity contribution in [2.75, 3.05) is 0 Å². The van der Waals surface area contributed by atoms with Crippen LogP contribution >= 0.6 is 0 Å². The average Bonchev–Trinajstić information content (AvgIpc) is 2.57. The molecule has 0 N–H and O–H groups in total. The Hall–Kier alpha value is -1.30. The Morgan fingerprint density at radius 2 is 2.15 bits per heavy atom. The highest BCUT2D eigenvalue weighted by atomic mass is 14.1. The summed E-state index contributed by atoms with van der Waals surface area (Å²) in [5.74, 6) is 0. The molecule has 0 spiro atoms. The quantitative estimate of drug-likeness (QED) is 0.608. The Labute approximate surface area is 79.6 Å². The Bertz CT molecular complexity index is 345. The zero-order valence-corrected chi connectivity index (χ0v) is 7.79. The summed E-state index contributed by atoms with van der Waals surface area (Å²) in [7, 11) is 0. The molecule has 0 aliphatic heterocycles. The van der Waals surface area contributed by atoms with Gasteiger partial charge in [0.25, 0.3) is 0 Å². The van der Waals surface area contributed by atoms with Crippen molar-refractivity contribution in [2.45, 2.75) is 19.3 Å². The van der Waals surface area contributed by atoms with E-state index in [1.54, 1.807) is 5.57 Å². The monoisotopic (exact) mass is 170 g/mol. The second-order valence-corrected chi connectivity index (χ2v) is 3.51. The van der Waals surface area contributed by atoms with Gasteiger partial charge in [-0.15, -0.1) is 6.58 Å². The number of hydrogen-bond donors (Lipinski definition) is 0. The first-order chi connectivity index (χ1) is 6.40. The number of fused-ring (bicyclic) bond motifs is 1. The molecule has 66 valence electrons. The molecule has 0 aromatic heterocycles. The van der Waals surface area contributed by atoms with Crippen molar-refractivity contribution >= 4 is 6.08 Å². The van der Waals surface area contributed by atoms with Crippen LogP contribution in [0.3, 0.4) is 0 Å². The second kappa shape index (κ2) is 3.61. The molecular formula is C13H14. The minimum atomic E-state index is 1.10. The SMILES string of the molecule is C=CCCC1=Cc2ccccc2C1. The molecule has 0 heterocycles. The lowest BCUT2D eigenvalue weighted by molar-refractivity contribution is 0.949. The van der Waals surface area contributed by atoms with Crippen LogP contribution in [0.15, 0.2) is 42.5 Å². The molecule has 0 saturated carbocycles. The van der Waals surface area contributed by atoms with E-state index in [0.717, 1.165) is 19.3 Å². The van der Waals surface area contributed by atoms with E-state index < -0.39 is 0 Å². The summed E-state index contributed by atoms with van der Waals surface area (Å²) in [4.78, 5) is 0. The first-order valence-corrected chi connectivity index (χ1v) is 4.78. The van der Waals surface area contributed by atoms with E-state index in [1.165, 1.54) is 11.1 Å². The first-order valence-electron chi connectivity index (χ1n) is 4.78. The van der Waals surface area contributed by atoms with Crippen molar-refractivity contribution in [3.8, 4) is 0 Å². The van der Waals surface area contributed by atoms with Crippen molar-refractivity contribution in [1.82, 2.24) is 0 Å². The third kappa shape index (κ3) is 1.72. The smallest absolute Gasteiger partial charge is 0.00577 e. The molecule has 1 aromatic carbocycles. The Morgan fingerprint density at radius 3 is 2.92 bits per heavy atom. The molecular weight excluding hydrogens is 156 g/mol. The summed E-state index contributed by atoms with van der Waals surface area (Å²) in [6.45, 7) is 3.74. The van der Waals surface area contributed by atoms with Crippen LogP contribution in [0.1, 0.15) is 24.0 Å². The lowest BCUT2D eigenvalue weighted by Crippen LogP contribution is -1.83. The van der Waals surface area contributed by atoms with Gasteiger partial charge in [0.2, 0.25) is 0 Å². The van der Waals surface area contributed by atoms with Crippen LogP contribution in [0.4, 0.5) is 0 Å². The van der Waals surface area contributed by atoms with E-state index >= 15 is 0 Å². The molecule has 0 saturated heterocycles. The Kier molecular flexibility index (Phi) is 2.31. The van der Waals surface area contributed by atoms with Crippen LogP contribution in [0.2, 0.25) is 0 Å². The molecule has 0 unspecified atom stereocenters. The van der Waals surface area contributed by atoms with Crippen molar-refractivity contribution < 1.29 is 0 Å². The van der Waals surface area contributed by atoms with Crippen LogP contribution < -0.4 is 0 Å². The number of benzene rings is 1. The van der Waals surface area contributed by atoms with Gasteiger partial charge in [-0.25, -0.2) is 0 Å². The Morgan fingerprint density at radius 1 is 1.31 bits per heavy atom. The molecule has 0 radical (unpaired) electrons. The maximum atomic E-state index is 3.74. The highest BCUT2D eigenvalue weighted by Gasteiger charge is 2.10. The molecule has 0 nitrogen and oxygen atoms in total. The summed E-state index contributed by atoms with van der Waals surface area (Å²) in [6.07, 6.45) is 7.71. The van der Waals surface area contributed by atoms with E-state index in [2.05, 4.69) is 36.9 Å². The van der Waals surface area contributed by atoms with Crippen LogP contribution in [0.5, 0.6) is 0 Å². The summed E-state index contributed by atoms with van der Waals surface area (Å²) in [5, 5.41) is 0. The molecule has 0 fully saturated rings. The second-order valence-electron chi connectivity index (χ2n) is 3.51. The predicted octanol–water partition coefficient (Wildman–Crippen LogP) is 3.59. The summed E-state index contributed by atoms with van der Waals surface area (Å²) in [6, 6.07) is 8.62. The summed E-state index contributed by atoms with van der Waals surface area (Å²) in [5.41, 5.74) is 4.42. The third-order valence-electron chi connectivity index (χ3n) is 2.50. The van der Waals surface area contributed by atoms with Crippen LogP contribution in [-0.2, 0) is 6.42 Å². The highest BCUT2D eigenvalue weighted by molar-refractivity contribution is 5.63. The molecule has 0 amide bonds. The fourth-order valence-corrected chi connectivity index (χ4v) is 1.80. The maximum Gasteiger partial charge on any atom is -0.00577 e. The molecule has 0 atom stereocenters. The van der Waals surface area contributed by atoms with Crippen molar-refractivity contribution in [1.29, 1.82) is 0 Å². The highest BCUT2D eigenvalue weighted by Crippen LogP contribution is 2.27. The van der Waals surface area contributed by atoms with Gasteiger partial charge in [0.1, 0.15) is 0 Å². The fourth-order valence-electron chi connectivity index (χ4n) is 1.80. The zero-order valence-electron chi connectivity index (χ0n) is 7.79. The van der Waals surface area contributed by atoms with E-state index in [0.29, 0.717) is 0 Å². The van der Waals surface area contributed by atoms with E-state index in [9.17, 15) is 0 Å². The van der Waals surface area contributed by atoms with Crippen LogP contribution in [0, 0.1) is 0 Å². The minimum Gasteiger partial charge on any atom is -0.103 e. The van der Waals surface area contributed by atoms with Gasteiger partial charge in [-0.3, -0.25) is 0 Å². The van der Waals surface area contributed by atoms with Crippen LogP contribution in [0.25, 0.3) is 6.08 Å². The van der Waals surface area contributed by atoms with Gasteiger partial charge in [0.15, 0.2) is 0 Å². The number of hydrogen-bond acceptors (Lipinski definition) is 0. The third-order valence-corrected chi connectivity index (χ3v) is 2.50. The maximum absolute atomic E-state index is 3.74. The van der Waals surface area contributed by atoms with E-state index in [4.69, 9.17) is 0 Å². The molecule has 0 heteroatoms. The summed E-state index contributed by atoms with van der Waals surface area (Å²) >= 11 is 0. The standard InChI is InChI=1S/C13H14/c1-2-3-6-11-9-12-7-4-5-8-13(12)10-11/h2,4-5,7-9H,1,3,6,10H2. The molecule has 1 aliphatic rings. The first kappa shape index (κ1) is 8.31. The van der Waals surface area contributed by atoms with Gasteiger partial charge >= 0.3 is 0 Å². The molecule has 1 aliphatic carbocycles. The minimum absolute atomic E-state index is 1.10. The van der Waals surface area contributed by atoms with Gasteiger partial charge in [-0.05, 0) is 30.4 Å². The van der Waals surface area contributed by atoms with Gasteiger partial charge in [-0.2, -0.15) is 0 Å². The molecule has 2 rings (SSSR count). The average molecular weight is 170 g/mol. The largest absolute Gasteiger partial charge is 0.103 e. The van der Waals surface area contributed by atoms with Gasteiger partial charge in [-0.1, -0.05) is 42.0 Å². The summed E-state index contributed by atoms with van der Waals surface area (Å²) < 4.78 is 0. The Balaban J connectivity index is 2.12. The zero-order chi connectivity index (χ0) is 9.10. The van der Waals surface area contributed by atoms with Crippen LogP contribution in [-0.4, -0.2) is 0 Å². The van der Waals surface area contributed by atoms with Gasteiger partial charge in [0, 0.05) is 0 Å².